The highest BCUT2D eigenvalue weighted by molar-refractivity contribution is 5.86. The van der Waals surface area contributed by atoms with E-state index in [1.807, 2.05) is 13.8 Å². The van der Waals surface area contributed by atoms with Crippen molar-refractivity contribution in [2.75, 3.05) is 6.54 Å². The second-order valence-electron chi connectivity index (χ2n) is 9.54. The summed E-state index contributed by atoms with van der Waals surface area (Å²) < 4.78 is 5.15. The van der Waals surface area contributed by atoms with Gasteiger partial charge in [0.25, 0.3) is 0 Å². The Bertz CT molecular complexity index is 638. The molecule has 1 fully saturated rings. The number of amides is 3. The van der Waals surface area contributed by atoms with Crippen LogP contribution in [0, 0.1) is 17.8 Å². The van der Waals surface area contributed by atoms with Gasteiger partial charge < -0.3 is 25.8 Å². The first-order valence-corrected chi connectivity index (χ1v) is 11.1. The smallest absolute Gasteiger partial charge is 0.408 e. The Kier molecular flexibility index (Phi) is 10.3. The van der Waals surface area contributed by atoms with Gasteiger partial charge in [-0.3, -0.25) is 9.59 Å². The molecule has 0 aromatic rings. The van der Waals surface area contributed by atoms with Crippen molar-refractivity contribution < 1.29 is 29.0 Å². The summed E-state index contributed by atoms with van der Waals surface area (Å²) in [5.74, 6) is -1.59. The van der Waals surface area contributed by atoms with Gasteiger partial charge in [-0.15, -0.1) is 0 Å². The number of carbonyl (C=O) groups excluding carboxylic acids is 3. The van der Waals surface area contributed by atoms with Crippen molar-refractivity contribution in [3.05, 3.63) is 0 Å². The normalized spacial score (nSPS) is 21.9. The minimum absolute atomic E-state index is 0.135. The molecular formula is C22H39N3O6. The molecule has 1 aliphatic rings. The number of nitrogens with one attached hydrogen (secondary N) is 3. The molecule has 0 radical (unpaired) electrons. The molecule has 9 heteroatoms. The van der Waals surface area contributed by atoms with Crippen LogP contribution in [-0.4, -0.2) is 53.2 Å². The molecule has 1 aliphatic carbocycles. The fourth-order valence-electron chi connectivity index (χ4n) is 3.53. The topological polar surface area (TPSA) is 134 Å². The Hall–Kier alpha value is -2.32. The third-order valence-corrected chi connectivity index (χ3v) is 5.69. The maximum Gasteiger partial charge on any atom is 0.408 e. The summed E-state index contributed by atoms with van der Waals surface area (Å²) in [5.41, 5.74) is -0.635. The summed E-state index contributed by atoms with van der Waals surface area (Å²) >= 11 is 0. The summed E-state index contributed by atoms with van der Waals surface area (Å²) in [5, 5.41) is 17.4. The Morgan fingerprint density at radius 1 is 1.03 bits per heavy atom. The maximum absolute atomic E-state index is 12.5. The number of carboxylic acid groups (broad SMARTS) is 1. The molecule has 0 heterocycles. The van der Waals surface area contributed by atoms with E-state index in [9.17, 15) is 24.3 Å². The van der Waals surface area contributed by atoms with Crippen LogP contribution in [0.25, 0.3) is 0 Å². The quantitative estimate of drug-likeness (QED) is 0.434. The molecule has 0 aliphatic heterocycles. The molecule has 3 atom stereocenters. The van der Waals surface area contributed by atoms with Crippen LogP contribution in [0.4, 0.5) is 4.79 Å². The highest BCUT2D eigenvalue weighted by atomic mass is 16.6. The minimum Gasteiger partial charge on any atom is -0.480 e. The van der Waals surface area contributed by atoms with E-state index in [4.69, 9.17) is 4.74 Å². The molecule has 0 saturated heterocycles. The Labute approximate surface area is 185 Å². The monoisotopic (exact) mass is 441 g/mol. The summed E-state index contributed by atoms with van der Waals surface area (Å²) in [6.07, 6.45) is 2.89. The zero-order chi connectivity index (χ0) is 23.8. The molecule has 0 spiro atoms. The average molecular weight is 442 g/mol. The van der Waals surface area contributed by atoms with Crippen LogP contribution in [0.1, 0.15) is 73.6 Å². The largest absolute Gasteiger partial charge is 0.480 e. The number of alkyl carbamates (subject to hydrolysis) is 1. The zero-order valence-electron chi connectivity index (χ0n) is 19.6. The number of hydrogen-bond acceptors (Lipinski definition) is 5. The molecule has 4 N–H and O–H groups in total. The van der Waals surface area contributed by atoms with Crippen LogP contribution in [-0.2, 0) is 19.1 Å². The first-order chi connectivity index (χ1) is 14.3. The zero-order valence-corrected chi connectivity index (χ0v) is 19.6. The standard InChI is InChI=1S/C22H39N3O6/c1-7-13(2)17(20(28)29)25-19(27)16-10-8-15(9-11-16)12-23-18(26)14(3)24-21(30)31-22(4,5)6/h13-17H,7-12H2,1-6H3,(H,23,26)(H,24,30)(H,25,27)(H,28,29). The van der Waals surface area contributed by atoms with Crippen molar-refractivity contribution in [2.24, 2.45) is 17.8 Å². The van der Waals surface area contributed by atoms with Crippen molar-refractivity contribution in [3.8, 4) is 0 Å². The Morgan fingerprint density at radius 3 is 2.10 bits per heavy atom. The summed E-state index contributed by atoms with van der Waals surface area (Å²) in [7, 11) is 0. The molecule has 3 unspecified atom stereocenters. The predicted octanol–water partition coefficient (Wildman–Crippen LogP) is 2.44. The van der Waals surface area contributed by atoms with Gasteiger partial charge in [-0.05, 0) is 65.2 Å². The van der Waals surface area contributed by atoms with Crippen LogP contribution in [0.3, 0.4) is 0 Å². The number of rotatable bonds is 9. The predicted molar refractivity (Wildman–Crippen MR) is 116 cm³/mol. The van der Waals surface area contributed by atoms with Gasteiger partial charge >= 0.3 is 12.1 Å². The minimum atomic E-state index is -1.01. The van der Waals surface area contributed by atoms with Crippen molar-refractivity contribution in [1.29, 1.82) is 0 Å². The molecule has 0 aromatic carbocycles. The molecular weight excluding hydrogens is 402 g/mol. The van der Waals surface area contributed by atoms with E-state index in [-0.39, 0.29) is 29.6 Å². The van der Waals surface area contributed by atoms with Gasteiger partial charge in [0.15, 0.2) is 0 Å². The van der Waals surface area contributed by atoms with Crippen LogP contribution < -0.4 is 16.0 Å². The van der Waals surface area contributed by atoms with Crippen molar-refractivity contribution in [1.82, 2.24) is 16.0 Å². The van der Waals surface area contributed by atoms with Crippen LogP contribution in [0.2, 0.25) is 0 Å². The second-order valence-corrected chi connectivity index (χ2v) is 9.54. The molecule has 1 rings (SSSR count). The van der Waals surface area contributed by atoms with E-state index in [2.05, 4.69) is 16.0 Å². The van der Waals surface area contributed by atoms with Gasteiger partial charge in [0.1, 0.15) is 17.7 Å². The summed E-state index contributed by atoms with van der Waals surface area (Å²) in [6.45, 7) is 11.0. The van der Waals surface area contributed by atoms with Crippen molar-refractivity contribution >= 4 is 23.9 Å². The van der Waals surface area contributed by atoms with Gasteiger partial charge in [-0.25, -0.2) is 9.59 Å². The van der Waals surface area contributed by atoms with Gasteiger partial charge in [-0.2, -0.15) is 0 Å². The van der Waals surface area contributed by atoms with E-state index in [1.54, 1.807) is 27.7 Å². The van der Waals surface area contributed by atoms with Crippen LogP contribution in [0.15, 0.2) is 0 Å². The number of ether oxygens (including phenoxy) is 1. The van der Waals surface area contributed by atoms with Crippen LogP contribution in [0.5, 0.6) is 0 Å². The average Bonchev–Trinajstić information content (AvgIpc) is 2.67. The van der Waals surface area contributed by atoms with E-state index in [0.717, 1.165) is 12.8 Å². The molecule has 178 valence electrons. The Morgan fingerprint density at radius 2 is 1.61 bits per heavy atom. The molecule has 3 amide bonds. The van der Waals surface area contributed by atoms with Crippen molar-refractivity contribution in [3.63, 3.8) is 0 Å². The number of hydrogen-bond donors (Lipinski definition) is 4. The summed E-state index contributed by atoms with van der Waals surface area (Å²) in [6, 6.07) is -1.58. The van der Waals surface area contributed by atoms with Crippen LogP contribution >= 0.6 is 0 Å². The van der Waals surface area contributed by atoms with Crippen molar-refractivity contribution in [2.45, 2.75) is 91.3 Å². The number of carbonyl (C=O) groups is 4. The van der Waals surface area contributed by atoms with E-state index >= 15 is 0 Å². The van der Waals surface area contributed by atoms with Gasteiger partial charge in [0.2, 0.25) is 11.8 Å². The van der Waals surface area contributed by atoms with Gasteiger partial charge in [-0.1, -0.05) is 20.3 Å². The van der Waals surface area contributed by atoms with Gasteiger partial charge in [0, 0.05) is 12.5 Å². The second kappa shape index (κ2) is 11.9. The molecule has 9 nitrogen and oxygen atoms in total. The molecule has 0 bridgehead atoms. The third kappa shape index (κ3) is 9.57. The van der Waals surface area contributed by atoms with Gasteiger partial charge in [0.05, 0.1) is 0 Å². The SMILES string of the molecule is CCC(C)C(NC(=O)C1CCC(CNC(=O)C(C)NC(=O)OC(C)(C)C)CC1)C(=O)O. The molecule has 0 aromatic heterocycles. The molecule has 31 heavy (non-hydrogen) atoms. The third-order valence-electron chi connectivity index (χ3n) is 5.69. The lowest BCUT2D eigenvalue weighted by molar-refractivity contribution is -0.144. The lowest BCUT2D eigenvalue weighted by Gasteiger charge is -2.30. The summed E-state index contributed by atoms with van der Waals surface area (Å²) in [4.78, 5) is 47.9. The first kappa shape index (κ1) is 26.7. The lowest BCUT2D eigenvalue weighted by atomic mass is 9.81. The highest BCUT2D eigenvalue weighted by Crippen LogP contribution is 2.29. The lowest BCUT2D eigenvalue weighted by Crippen LogP contribution is -2.48. The fourth-order valence-corrected chi connectivity index (χ4v) is 3.53. The highest BCUT2D eigenvalue weighted by Gasteiger charge is 2.31. The van der Waals surface area contributed by atoms with E-state index < -0.39 is 29.7 Å². The number of carboxylic acids is 1. The number of aliphatic carboxylic acids is 1. The fraction of sp³-hybridized carbons (Fsp3) is 0.818. The first-order valence-electron chi connectivity index (χ1n) is 11.1. The molecule has 1 saturated carbocycles. The van der Waals surface area contributed by atoms with E-state index in [0.29, 0.717) is 25.8 Å². The Balaban J connectivity index is 2.39. The maximum atomic E-state index is 12.5. The van der Waals surface area contributed by atoms with E-state index in [1.165, 1.54) is 0 Å².